The topological polar surface area (TPSA) is 140 Å². The van der Waals surface area contributed by atoms with Crippen LogP contribution in [0, 0.1) is 13.8 Å². The maximum atomic E-state index is 11.1. The first kappa shape index (κ1) is 13.5. The number of aliphatic imine (C=N–C) groups is 2. The van der Waals surface area contributed by atoms with E-state index in [1.54, 1.807) is 19.9 Å². The molecule has 7 N–H and O–H groups in total. The summed E-state index contributed by atoms with van der Waals surface area (Å²) in [6.07, 6.45) is 0. The fourth-order valence-corrected chi connectivity index (χ4v) is 1.54. The number of aromatic carboxylic acids is 1. The fraction of sp³-hybridized carbons (Fsp3) is 0.182. The number of nitrogens with two attached hydrogens (primary N) is 3. The second-order valence-electron chi connectivity index (χ2n) is 3.79. The molecule has 0 bridgehead atoms. The van der Waals surface area contributed by atoms with E-state index in [0.717, 1.165) is 5.56 Å². The maximum absolute atomic E-state index is 11.1. The lowest BCUT2D eigenvalue weighted by molar-refractivity contribution is 0.0697. The van der Waals surface area contributed by atoms with E-state index in [0.29, 0.717) is 5.56 Å². The Labute approximate surface area is 104 Å². The van der Waals surface area contributed by atoms with Crippen molar-refractivity contribution in [1.82, 2.24) is 0 Å². The molecule has 7 nitrogen and oxygen atoms in total. The molecular formula is C11H15N5O2. The first-order valence-corrected chi connectivity index (χ1v) is 5.09. The van der Waals surface area contributed by atoms with Crippen molar-refractivity contribution in [3.05, 3.63) is 28.8 Å². The first-order chi connectivity index (χ1) is 8.31. The lowest BCUT2D eigenvalue weighted by Gasteiger charge is -2.07. The molecule has 7 heteroatoms. The molecule has 0 fully saturated rings. The normalized spacial score (nSPS) is 11.1. The molecule has 0 aromatic heterocycles. The molecule has 0 spiro atoms. The number of guanidine groups is 2. The van der Waals surface area contributed by atoms with E-state index < -0.39 is 5.97 Å². The second-order valence-corrected chi connectivity index (χ2v) is 3.79. The molecule has 0 aliphatic rings. The Balaban J connectivity index is 3.40. The molecule has 0 saturated carbocycles. The zero-order chi connectivity index (χ0) is 13.9. The lowest BCUT2D eigenvalue weighted by atomic mass is 10.0. The summed E-state index contributed by atoms with van der Waals surface area (Å²) in [5.74, 6) is -1.51. The van der Waals surface area contributed by atoms with Gasteiger partial charge in [0, 0.05) is 0 Å². The molecule has 0 aliphatic heterocycles. The van der Waals surface area contributed by atoms with Gasteiger partial charge in [0.15, 0.2) is 5.96 Å². The third kappa shape index (κ3) is 3.21. The van der Waals surface area contributed by atoms with Gasteiger partial charge in [-0.05, 0) is 31.0 Å². The van der Waals surface area contributed by atoms with Crippen LogP contribution in [0.5, 0.6) is 0 Å². The van der Waals surface area contributed by atoms with Gasteiger partial charge in [-0.2, -0.15) is 4.99 Å². The highest BCUT2D eigenvalue weighted by atomic mass is 16.4. The van der Waals surface area contributed by atoms with E-state index in [-0.39, 0.29) is 23.2 Å². The Bertz CT molecular complexity index is 545. The smallest absolute Gasteiger partial charge is 0.337 e. The number of aryl methyl sites for hydroxylation is 2. The van der Waals surface area contributed by atoms with E-state index in [1.165, 1.54) is 6.07 Å². The molecule has 0 atom stereocenters. The van der Waals surface area contributed by atoms with Crippen LogP contribution < -0.4 is 17.2 Å². The summed E-state index contributed by atoms with van der Waals surface area (Å²) >= 11 is 0. The number of carboxylic acid groups (broad SMARTS) is 1. The van der Waals surface area contributed by atoms with Crippen LogP contribution in [0.15, 0.2) is 22.1 Å². The monoisotopic (exact) mass is 249 g/mol. The number of carboxylic acids is 1. The molecule has 0 unspecified atom stereocenters. The largest absolute Gasteiger partial charge is 0.478 e. The second kappa shape index (κ2) is 5.17. The first-order valence-electron chi connectivity index (χ1n) is 5.09. The lowest BCUT2D eigenvalue weighted by Crippen LogP contribution is -2.26. The molecular weight excluding hydrogens is 234 g/mol. The highest BCUT2D eigenvalue weighted by Gasteiger charge is 2.13. The quantitative estimate of drug-likeness (QED) is 0.438. The van der Waals surface area contributed by atoms with E-state index in [4.69, 9.17) is 22.3 Å². The zero-order valence-electron chi connectivity index (χ0n) is 10.1. The molecule has 0 amide bonds. The van der Waals surface area contributed by atoms with Crippen molar-refractivity contribution >= 4 is 23.6 Å². The van der Waals surface area contributed by atoms with Crippen LogP contribution in [0.2, 0.25) is 0 Å². The van der Waals surface area contributed by atoms with Crippen LogP contribution in [0.3, 0.4) is 0 Å². The molecule has 1 aromatic carbocycles. The predicted molar refractivity (Wildman–Crippen MR) is 70.0 cm³/mol. The molecule has 0 heterocycles. The Morgan fingerprint density at radius 1 is 1.22 bits per heavy atom. The van der Waals surface area contributed by atoms with Crippen LogP contribution in [-0.4, -0.2) is 23.0 Å². The summed E-state index contributed by atoms with van der Waals surface area (Å²) in [6.45, 7) is 3.54. The summed E-state index contributed by atoms with van der Waals surface area (Å²) in [5.41, 5.74) is 17.6. The number of hydrogen-bond acceptors (Lipinski definition) is 2. The van der Waals surface area contributed by atoms with Gasteiger partial charge >= 0.3 is 5.97 Å². The number of carbonyl (C=O) groups is 1. The van der Waals surface area contributed by atoms with E-state index in [2.05, 4.69) is 9.98 Å². The van der Waals surface area contributed by atoms with Gasteiger partial charge in [0.2, 0.25) is 5.96 Å². The zero-order valence-corrected chi connectivity index (χ0v) is 10.1. The predicted octanol–water partition coefficient (Wildman–Crippen LogP) is 0.221. The van der Waals surface area contributed by atoms with Gasteiger partial charge in [-0.25, -0.2) is 9.79 Å². The van der Waals surface area contributed by atoms with Gasteiger partial charge < -0.3 is 22.3 Å². The minimum absolute atomic E-state index is 0.0567. The average Bonchev–Trinajstić information content (AvgIpc) is 2.20. The molecule has 0 radical (unpaired) electrons. The van der Waals surface area contributed by atoms with Crippen molar-refractivity contribution < 1.29 is 9.90 Å². The van der Waals surface area contributed by atoms with Crippen molar-refractivity contribution in [3.63, 3.8) is 0 Å². The SMILES string of the molecule is Cc1cc(C)c(N=C(N)N=C(N)N)c(C(=O)O)c1. The molecule has 96 valence electrons. The number of rotatable bonds is 2. The highest BCUT2D eigenvalue weighted by Crippen LogP contribution is 2.25. The van der Waals surface area contributed by atoms with E-state index in [1.807, 2.05) is 0 Å². The Hall–Kier alpha value is -2.57. The summed E-state index contributed by atoms with van der Waals surface area (Å²) in [7, 11) is 0. The van der Waals surface area contributed by atoms with Crippen molar-refractivity contribution in [1.29, 1.82) is 0 Å². The molecule has 1 aromatic rings. The third-order valence-electron chi connectivity index (χ3n) is 2.15. The summed E-state index contributed by atoms with van der Waals surface area (Å²) in [5, 5.41) is 9.11. The molecule has 0 aliphatic carbocycles. The minimum atomic E-state index is -1.09. The van der Waals surface area contributed by atoms with E-state index in [9.17, 15) is 4.79 Å². The van der Waals surface area contributed by atoms with Crippen molar-refractivity contribution in [2.75, 3.05) is 0 Å². The van der Waals surface area contributed by atoms with Crippen LogP contribution in [-0.2, 0) is 0 Å². The van der Waals surface area contributed by atoms with Crippen LogP contribution >= 0.6 is 0 Å². The Kier molecular flexibility index (Phi) is 3.88. The van der Waals surface area contributed by atoms with Gasteiger partial charge in [-0.1, -0.05) is 6.07 Å². The van der Waals surface area contributed by atoms with Gasteiger partial charge in [0.1, 0.15) is 0 Å². The number of nitrogens with zero attached hydrogens (tertiary/aromatic N) is 2. The van der Waals surface area contributed by atoms with Crippen LogP contribution in [0.25, 0.3) is 0 Å². The molecule has 1 rings (SSSR count). The fourth-order valence-electron chi connectivity index (χ4n) is 1.54. The Morgan fingerprint density at radius 3 is 2.33 bits per heavy atom. The minimum Gasteiger partial charge on any atom is -0.478 e. The van der Waals surface area contributed by atoms with Gasteiger partial charge in [-0.3, -0.25) is 0 Å². The Morgan fingerprint density at radius 2 is 1.83 bits per heavy atom. The van der Waals surface area contributed by atoms with Gasteiger partial charge in [-0.15, -0.1) is 0 Å². The van der Waals surface area contributed by atoms with Crippen LogP contribution in [0.1, 0.15) is 21.5 Å². The summed E-state index contributed by atoms with van der Waals surface area (Å²) in [4.78, 5) is 18.6. The molecule has 0 saturated heterocycles. The van der Waals surface area contributed by atoms with Gasteiger partial charge in [0.05, 0.1) is 11.3 Å². The summed E-state index contributed by atoms with van der Waals surface area (Å²) < 4.78 is 0. The summed E-state index contributed by atoms with van der Waals surface area (Å²) in [6, 6.07) is 3.31. The average molecular weight is 249 g/mol. The molecule has 18 heavy (non-hydrogen) atoms. The number of hydrogen-bond donors (Lipinski definition) is 4. The van der Waals surface area contributed by atoms with Crippen molar-refractivity contribution in [3.8, 4) is 0 Å². The highest BCUT2D eigenvalue weighted by molar-refractivity contribution is 5.98. The third-order valence-corrected chi connectivity index (χ3v) is 2.15. The maximum Gasteiger partial charge on any atom is 0.337 e. The standard InChI is InChI=1S/C11H15N5O2/c1-5-3-6(2)8(7(4-5)9(17)18)15-11(14)16-10(12)13/h3-4H,1-2H3,(H,17,18)(H6,12,13,14,15,16). The van der Waals surface area contributed by atoms with Crippen molar-refractivity contribution in [2.45, 2.75) is 13.8 Å². The number of benzene rings is 1. The van der Waals surface area contributed by atoms with E-state index >= 15 is 0 Å². The van der Waals surface area contributed by atoms with Crippen LogP contribution in [0.4, 0.5) is 5.69 Å². The van der Waals surface area contributed by atoms with Crippen molar-refractivity contribution in [2.24, 2.45) is 27.2 Å². The van der Waals surface area contributed by atoms with Gasteiger partial charge in [0.25, 0.3) is 0 Å².